The molecule has 0 saturated carbocycles. The van der Waals surface area contributed by atoms with Gasteiger partial charge in [-0.3, -0.25) is 4.79 Å². The van der Waals surface area contributed by atoms with Crippen LogP contribution in [0.15, 0.2) is 54.6 Å². The molecule has 0 unspecified atom stereocenters. The minimum absolute atomic E-state index is 0.0651. The number of amides is 1. The third-order valence-electron chi connectivity index (χ3n) is 8.86. The molecule has 1 saturated heterocycles. The van der Waals surface area contributed by atoms with Crippen LogP contribution in [0.25, 0.3) is 0 Å². The lowest BCUT2D eigenvalue weighted by molar-refractivity contribution is -0.162. The smallest absolute Gasteiger partial charge is 0.329 e. The Bertz CT molecular complexity index is 1450. The molecule has 1 aliphatic heterocycles. The molecule has 1 heterocycles. The highest BCUT2D eigenvalue weighted by Gasteiger charge is 2.38. The summed E-state index contributed by atoms with van der Waals surface area (Å²) in [7, 11) is 4.83. The van der Waals surface area contributed by atoms with Crippen molar-refractivity contribution in [3.8, 4) is 17.2 Å². The zero-order chi connectivity index (χ0) is 33.8. The van der Waals surface area contributed by atoms with Gasteiger partial charge in [0.05, 0.1) is 27.2 Å². The fourth-order valence-corrected chi connectivity index (χ4v) is 6.26. The van der Waals surface area contributed by atoms with E-state index in [4.69, 9.17) is 18.9 Å². The molecule has 3 aromatic carbocycles. The first-order valence-corrected chi connectivity index (χ1v) is 16.6. The van der Waals surface area contributed by atoms with Crippen molar-refractivity contribution >= 4 is 11.9 Å². The number of esters is 1. The van der Waals surface area contributed by atoms with Gasteiger partial charge < -0.3 is 23.8 Å². The molecule has 0 radical (unpaired) electrons. The molecule has 4 rings (SSSR count). The van der Waals surface area contributed by atoms with E-state index in [0.29, 0.717) is 43.1 Å². The molecule has 1 amide bonds. The van der Waals surface area contributed by atoms with Crippen LogP contribution in [0.4, 0.5) is 0 Å². The minimum atomic E-state index is -0.648. The molecule has 0 aromatic heterocycles. The Balaban J connectivity index is 0.00000282. The van der Waals surface area contributed by atoms with Crippen molar-refractivity contribution in [3.63, 3.8) is 0 Å². The Labute approximate surface area is 276 Å². The van der Waals surface area contributed by atoms with Crippen LogP contribution in [0.2, 0.25) is 0 Å². The molecule has 3 atom stereocenters. The zero-order valence-corrected chi connectivity index (χ0v) is 29.3. The Kier molecular flexibility index (Phi) is 14.0. The van der Waals surface area contributed by atoms with Crippen molar-refractivity contribution in [2.24, 2.45) is 0 Å². The van der Waals surface area contributed by atoms with Crippen molar-refractivity contribution in [3.05, 3.63) is 88.0 Å². The number of carbonyl (C=O) groups excluding carboxylic acids is 2. The highest BCUT2D eigenvalue weighted by atomic mass is 16.5. The number of likely N-dealkylation sites (tertiary alicyclic amines) is 1. The van der Waals surface area contributed by atoms with Crippen LogP contribution in [-0.2, 0) is 20.7 Å². The second-order valence-electron chi connectivity index (χ2n) is 11.7. The van der Waals surface area contributed by atoms with Gasteiger partial charge in [0, 0.05) is 12.1 Å². The van der Waals surface area contributed by atoms with E-state index in [2.05, 4.69) is 32.0 Å². The van der Waals surface area contributed by atoms with Gasteiger partial charge >= 0.3 is 5.97 Å². The summed E-state index contributed by atoms with van der Waals surface area (Å²) < 4.78 is 23.1. The van der Waals surface area contributed by atoms with E-state index < -0.39 is 18.1 Å². The summed E-state index contributed by atoms with van der Waals surface area (Å²) in [5, 5.41) is 0. The Morgan fingerprint density at radius 2 is 1.57 bits per heavy atom. The third kappa shape index (κ3) is 8.62. The van der Waals surface area contributed by atoms with Gasteiger partial charge in [-0.25, -0.2) is 4.79 Å². The average Bonchev–Trinajstić information content (AvgIpc) is 3.08. The first-order chi connectivity index (χ1) is 22.2. The van der Waals surface area contributed by atoms with Crippen LogP contribution < -0.4 is 14.2 Å². The molecule has 7 nitrogen and oxygen atoms in total. The second kappa shape index (κ2) is 17.6. The lowest BCUT2D eigenvalue weighted by Crippen LogP contribution is -2.50. The fourth-order valence-electron chi connectivity index (χ4n) is 6.26. The van der Waals surface area contributed by atoms with Gasteiger partial charge in [0.1, 0.15) is 17.9 Å². The number of carbonyl (C=O) groups is 2. The molecule has 0 aliphatic carbocycles. The molecular weight excluding hydrogens is 578 g/mol. The summed E-state index contributed by atoms with van der Waals surface area (Å²) in [6.45, 7) is 12.7. The number of para-hydroxylation sites is 1. The molecule has 0 N–H and O–H groups in total. The van der Waals surface area contributed by atoms with Crippen LogP contribution >= 0.6 is 0 Å². The minimum Gasteiger partial charge on any atom is -0.496 e. The van der Waals surface area contributed by atoms with E-state index in [-0.39, 0.29) is 11.9 Å². The van der Waals surface area contributed by atoms with Crippen LogP contribution in [0.5, 0.6) is 17.2 Å². The highest BCUT2D eigenvalue weighted by Crippen LogP contribution is 2.37. The van der Waals surface area contributed by atoms with Crippen LogP contribution in [0.1, 0.15) is 98.3 Å². The molecule has 7 heteroatoms. The maximum atomic E-state index is 14.2. The number of nitrogens with zero attached hydrogens (tertiary/aromatic N) is 1. The maximum absolute atomic E-state index is 14.2. The molecule has 1 aliphatic rings. The monoisotopic (exact) mass is 631 g/mol. The Morgan fingerprint density at radius 1 is 0.848 bits per heavy atom. The van der Waals surface area contributed by atoms with Crippen LogP contribution in [-0.4, -0.2) is 50.7 Å². The predicted octanol–water partition coefficient (Wildman–Crippen LogP) is 8.46. The lowest BCUT2D eigenvalue weighted by atomic mass is 9.91. The summed E-state index contributed by atoms with van der Waals surface area (Å²) in [5.74, 6) is 1.07. The van der Waals surface area contributed by atoms with E-state index >= 15 is 0 Å². The van der Waals surface area contributed by atoms with E-state index in [0.717, 1.165) is 36.0 Å². The molecule has 0 spiro atoms. The molecule has 1 fully saturated rings. The molecule has 250 valence electrons. The van der Waals surface area contributed by atoms with Gasteiger partial charge in [0.2, 0.25) is 5.91 Å². The zero-order valence-electron chi connectivity index (χ0n) is 29.3. The summed E-state index contributed by atoms with van der Waals surface area (Å²) in [6.07, 6.45) is 3.68. The van der Waals surface area contributed by atoms with Crippen molar-refractivity contribution in [2.75, 3.05) is 27.9 Å². The summed E-state index contributed by atoms with van der Waals surface area (Å²) in [5.41, 5.74) is 6.25. The number of methoxy groups -OCH3 is 3. The van der Waals surface area contributed by atoms with Crippen molar-refractivity contribution < 1.29 is 28.5 Å². The number of hydrogen-bond donors (Lipinski definition) is 0. The van der Waals surface area contributed by atoms with Crippen molar-refractivity contribution in [1.29, 1.82) is 0 Å². The van der Waals surface area contributed by atoms with Crippen molar-refractivity contribution in [1.82, 2.24) is 4.90 Å². The molecule has 46 heavy (non-hydrogen) atoms. The quantitative estimate of drug-likeness (QED) is 0.187. The molecule has 3 aromatic rings. The van der Waals surface area contributed by atoms with Gasteiger partial charge in [-0.05, 0) is 99.2 Å². The number of piperidine rings is 1. The maximum Gasteiger partial charge on any atom is 0.329 e. The summed E-state index contributed by atoms with van der Waals surface area (Å²) in [6, 6.07) is 17.3. The highest BCUT2D eigenvalue weighted by molar-refractivity contribution is 5.89. The SMILES string of the molecule is CC.CC[C@H](C(=O)N1CCCC[C@H]1C(=O)O[C@H](CCc1ccc(C)c(C)c1)c1ccccc1OC)c1cc(C)c(OC)c(OC)c1. The normalized spacial score (nSPS) is 15.6. The summed E-state index contributed by atoms with van der Waals surface area (Å²) in [4.78, 5) is 29.9. The van der Waals surface area contributed by atoms with Gasteiger partial charge in [0.15, 0.2) is 11.5 Å². The van der Waals surface area contributed by atoms with E-state index in [1.807, 2.05) is 64.1 Å². The Hall–Kier alpha value is -4.00. The van der Waals surface area contributed by atoms with Crippen LogP contribution in [0, 0.1) is 20.8 Å². The average molecular weight is 632 g/mol. The van der Waals surface area contributed by atoms with Gasteiger partial charge in [-0.1, -0.05) is 63.2 Å². The van der Waals surface area contributed by atoms with E-state index in [1.54, 1.807) is 26.2 Å². The standard InChI is InChI=1S/C37H47NO6.C2H6/c1-8-29(28-22-26(4)35(43-7)34(23-28)42-6)36(39)38-20-12-11-14-31(38)37(40)44-33(30-13-9-10-15-32(30)41-5)19-18-27-17-16-24(2)25(3)21-27;1-2/h9-10,13,15-17,21-23,29,31,33H,8,11-12,14,18-20H2,1-7H3;1-2H3/t29-,31-,33+;/m0./s1. The van der Waals surface area contributed by atoms with Gasteiger partial charge in [-0.15, -0.1) is 0 Å². The summed E-state index contributed by atoms with van der Waals surface area (Å²) >= 11 is 0. The number of rotatable bonds is 12. The van der Waals surface area contributed by atoms with Crippen LogP contribution in [0.3, 0.4) is 0 Å². The Morgan fingerprint density at radius 3 is 2.22 bits per heavy atom. The number of aryl methyl sites for hydroxylation is 4. The third-order valence-corrected chi connectivity index (χ3v) is 8.86. The fraction of sp³-hybridized carbons (Fsp3) is 0.487. The number of hydrogen-bond acceptors (Lipinski definition) is 6. The first kappa shape index (κ1) is 36.5. The molecular formula is C39H53NO6. The van der Waals surface area contributed by atoms with E-state index in [1.165, 1.54) is 16.7 Å². The van der Waals surface area contributed by atoms with Gasteiger partial charge in [0.25, 0.3) is 0 Å². The largest absolute Gasteiger partial charge is 0.496 e. The predicted molar refractivity (Wildman–Crippen MR) is 184 cm³/mol. The van der Waals surface area contributed by atoms with Gasteiger partial charge in [-0.2, -0.15) is 0 Å². The lowest BCUT2D eigenvalue weighted by Gasteiger charge is -2.37. The second-order valence-corrected chi connectivity index (χ2v) is 11.7. The van der Waals surface area contributed by atoms with E-state index in [9.17, 15) is 9.59 Å². The van der Waals surface area contributed by atoms with Crippen molar-refractivity contribution in [2.45, 2.75) is 98.1 Å². The topological polar surface area (TPSA) is 74.3 Å². The molecule has 0 bridgehead atoms. The number of benzene rings is 3. The first-order valence-electron chi connectivity index (χ1n) is 16.6. The number of ether oxygens (including phenoxy) is 4.